The first-order valence-electron chi connectivity index (χ1n) is 6.62. The van der Waals surface area contributed by atoms with Crippen LogP contribution in [-0.4, -0.2) is 54.8 Å². The molecule has 0 saturated carbocycles. The second-order valence-corrected chi connectivity index (χ2v) is 7.13. The van der Waals surface area contributed by atoms with E-state index >= 15 is 0 Å². The van der Waals surface area contributed by atoms with E-state index in [4.69, 9.17) is 16.7 Å². The van der Waals surface area contributed by atoms with E-state index in [0.717, 1.165) is 18.8 Å². The van der Waals surface area contributed by atoms with Gasteiger partial charge in [-0.15, -0.1) is 0 Å². The van der Waals surface area contributed by atoms with Crippen molar-refractivity contribution in [2.75, 3.05) is 45.7 Å². The molecule has 0 aliphatic carbocycles. The fourth-order valence-electron chi connectivity index (χ4n) is 1.91. The molecule has 2 N–H and O–H groups in total. The van der Waals surface area contributed by atoms with E-state index in [0.29, 0.717) is 18.3 Å². The van der Waals surface area contributed by atoms with Crippen LogP contribution < -0.4 is 10.6 Å². The summed E-state index contributed by atoms with van der Waals surface area (Å²) < 4.78 is 10.4. The predicted molar refractivity (Wildman–Crippen MR) is 88.8 cm³/mol. The van der Waals surface area contributed by atoms with E-state index in [2.05, 4.69) is 34.1 Å². The van der Waals surface area contributed by atoms with Gasteiger partial charge in [0.1, 0.15) is 0 Å². The second-order valence-electron chi connectivity index (χ2n) is 4.60. The number of anilines is 1. The van der Waals surface area contributed by atoms with Crippen LogP contribution in [0.15, 0.2) is 30.3 Å². The van der Waals surface area contributed by atoms with Gasteiger partial charge in [0.15, 0.2) is 13.6 Å². The second kappa shape index (κ2) is 7.86. The van der Waals surface area contributed by atoms with Gasteiger partial charge >= 0.3 is 0 Å². The lowest BCUT2D eigenvalue weighted by atomic mass is 10.3. The van der Waals surface area contributed by atoms with Gasteiger partial charge in [-0.2, -0.15) is 0 Å². The van der Waals surface area contributed by atoms with Gasteiger partial charge in [0.2, 0.25) is 0 Å². The van der Waals surface area contributed by atoms with E-state index in [1.807, 2.05) is 30.3 Å². The first-order chi connectivity index (χ1) is 9.66. The maximum atomic E-state index is 5.89. The lowest BCUT2D eigenvalue weighted by Gasteiger charge is -2.23. The Kier molecular flexibility index (Phi) is 6.13. The monoisotopic (exact) mass is 312 g/mol. The molecule has 1 aliphatic heterocycles. The summed E-state index contributed by atoms with van der Waals surface area (Å²) in [6.45, 7) is 3.50. The Hall–Kier alpha value is -0.780. The molecule has 1 saturated heterocycles. The highest BCUT2D eigenvalue weighted by Crippen LogP contribution is 2.46. The van der Waals surface area contributed by atoms with Crippen molar-refractivity contribution in [1.82, 2.24) is 14.7 Å². The number of hydrogen-bond donors (Lipinski definition) is 2. The van der Waals surface area contributed by atoms with E-state index in [1.54, 1.807) is 0 Å². The Bertz CT molecular complexity index is 424. The zero-order chi connectivity index (χ0) is 14.4. The van der Waals surface area contributed by atoms with Gasteiger partial charge in [-0.25, -0.2) is 9.34 Å². The summed E-state index contributed by atoms with van der Waals surface area (Å²) in [5.74, 6) is 0. The highest BCUT2D eigenvalue weighted by molar-refractivity contribution is 7.80. The van der Waals surface area contributed by atoms with Crippen LogP contribution in [0.25, 0.3) is 0 Å². The van der Waals surface area contributed by atoms with Gasteiger partial charge < -0.3 is 15.2 Å². The zero-order valence-electron chi connectivity index (χ0n) is 11.9. The van der Waals surface area contributed by atoms with Gasteiger partial charge in [0.05, 0.1) is 6.61 Å². The average Bonchev–Trinajstić information content (AvgIpc) is 2.76. The number of nitrogens with one attached hydrogen (secondary N) is 2. The molecule has 20 heavy (non-hydrogen) atoms. The summed E-state index contributed by atoms with van der Waals surface area (Å²) >= 11 is 5.24. The number of thiocarbonyl (C=S) groups is 1. The van der Waals surface area contributed by atoms with E-state index < -0.39 is 8.45 Å². The van der Waals surface area contributed by atoms with Crippen molar-refractivity contribution in [3.05, 3.63) is 30.3 Å². The maximum absolute atomic E-state index is 5.89. The summed E-state index contributed by atoms with van der Waals surface area (Å²) in [4.78, 5) is 0. The van der Waals surface area contributed by atoms with Crippen LogP contribution in [0.2, 0.25) is 0 Å². The molecule has 1 aromatic rings. The SMILES string of the molecule is CN1CCN(C)P1OCCNC(=S)Nc1ccccc1. The fourth-order valence-corrected chi connectivity index (χ4v) is 3.82. The van der Waals surface area contributed by atoms with Gasteiger partial charge in [-0.1, -0.05) is 18.2 Å². The molecule has 0 spiro atoms. The van der Waals surface area contributed by atoms with Crippen LogP contribution in [0.5, 0.6) is 0 Å². The number of hydrogen-bond acceptors (Lipinski definition) is 4. The summed E-state index contributed by atoms with van der Waals surface area (Å²) in [7, 11) is 3.62. The molecule has 0 amide bonds. The molecular weight excluding hydrogens is 291 g/mol. The molecule has 110 valence electrons. The summed E-state index contributed by atoms with van der Waals surface area (Å²) in [6, 6.07) is 9.89. The number of para-hydroxylation sites is 1. The lowest BCUT2D eigenvalue weighted by molar-refractivity contribution is 0.316. The Balaban J connectivity index is 1.62. The van der Waals surface area contributed by atoms with Crippen molar-refractivity contribution in [2.24, 2.45) is 0 Å². The molecule has 0 atom stereocenters. The molecule has 0 bridgehead atoms. The van der Waals surface area contributed by atoms with Crippen molar-refractivity contribution in [1.29, 1.82) is 0 Å². The quantitative estimate of drug-likeness (QED) is 0.493. The van der Waals surface area contributed by atoms with Gasteiger partial charge in [0.25, 0.3) is 0 Å². The van der Waals surface area contributed by atoms with Crippen molar-refractivity contribution >= 4 is 31.5 Å². The fraction of sp³-hybridized carbons (Fsp3) is 0.462. The summed E-state index contributed by atoms with van der Waals surface area (Å²) in [5, 5.41) is 6.92. The van der Waals surface area contributed by atoms with E-state index in [9.17, 15) is 0 Å². The first kappa shape index (κ1) is 15.6. The standard InChI is InChI=1S/C13H21N4OPS/c1-16-9-10-17(2)19(16)18-11-8-14-13(20)15-12-6-4-3-5-7-12/h3-7H,8-11H2,1-2H3,(H2,14,15,20). The van der Waals surface area contributed by atoms with Crippen LogP contribution in [0, 0.1) is 0 Å². The average molecular weight is 312 g/mol. The minimum absolute atomic E-state index is 0.584. The van der Waals surface area contributed by atoms with E-state index in [-0.39, 0.29) is 0 Å². The smallest absolute Gasteiger partial charge is 0.187 e. The molecule has 1 aromatic carbocycles. The normalized spacial score (nSPS) is 17.3. The van der Waals surface area contributed by atoms with Gasteiger partial charge in [0, 0.05) is 25.3 Å². The molecule has 1 fully saturated rings. The molecular formula is C13H21N4OPS. The Morgan fingerprint density at radius 1 is 1.25 bits per heavy atom. The molecule has 5 nitrogen and oxygen atoms in total. The van der Waals surface area contributed by atoms with Crippen LogP contribution in [-0.2, 0) is 4.52 Å². The van der Waals surface area contributed by atoms with Gasteiger partial charge in [-0.05, 0) is 38.4 Å². The number of rotatable bonds is 5. The molecule has 1 heterocycles. The van der Waals surface area contributed by atoms with E-state index in [1.165, 1.54) is 0 Å². The van der Waals surface area contributed by atoms with Crippen LogP contribution in [0.1, 0.15) is 0 Å². The summed E-state index contributed by atoms with van der Waals surface area (Å²) in [5.41, 5.74) is 0.991. The number of nitrogens with zero attached hydrogens (tertiary/aromatic N) is 2. The molecule has 0 unspecified atom stereocenters. The Morgan fingerprint density at radius 3 is 2.55 bits per heavy atom. The summed E-state index contributed by atoms with van der Waals surface area (Å²) in [6.07, 6.45) is 0. The molecule has 0 radical (unpaired) electrons. The van der Waals surface area contributed by atoms with Crippen molar-refractivity contribution in [2.45, 2.75) is 0 Å². The van der Waals surface area contributed by atoms with Crippen LogP contribution in [0.4, 0.5) is 5.69 Å². The van der Waals surface area contributed by atoms with Crippen LogP contribution in [0.3, 0.4) is 0 Å². The Morgan fingerprint density at radius 2 is 1.90 bits per heavy atom. The minimum Gasteiger partial charge on any atom is -0.360 e. The minimum atomic E-state index is -0.584. The van der Waals surface area contributed by atoms with Crippen molar-refractivity contribution < 1.29 is 4.52 Å². The van der Waals surface area contributed by atoms with Crippen molar-refractivity contribution in [3.8, 4) is 0 Å². The topological polar surface area (TPSA) is 39.8 Å². The Labute approximate surface area is 127 Å². The highest BCUT2D eigenvalue weighted by Gasteiger charge is 2.27. The first-order valence-corrected chi connectivity index (χ1v) is 8.19. The third kappa shape index (κ3) is 4.65. The third-order valence-corrected chi connectivity index (χ3v) is 5.19. The molecule has 7 heteroatoms. The third-order valence-electron chi connectivity index (χ3n) is 2.96. The maximum Gasteiger partial charge on any atom is 0.187 e. The van der Waals surface area contributed by atoms with Crippen molar-refractivity contribution in [3.63, 3.8) is 0 Å². The number of benzene rings is 1. The highest BCUT2D eigenvalue weighted by atomic mass is 32.1. The molecule has 0 aromatic heterocycles. The largest absolute Gasteiger partial charge is 0.360 e. The van der Waals surface area contributed by atoms with Gasteiger partial charge in [-0.3, -0.25) is 0 Å². The number of likely N-dealkylation sites (N-methyl/N-ethyl adjacent to an activating group) is 2. The van der Waals surface area contributed by atoms with Crippen LogP contribution >= 0.6 is 20.7 Å². The zero-order valence-corrected chi connectivity index (χ0v) is 13.6. The molecule has 2 rings (SSSR count). The predicted octanol–water partition coefficient (Wildman–Crippen LogP) is 2.09. The lowest BCUT2D eigenvalue weighted by Crippen LogP contribution is -2.31. The molecule has 1 aliphatic rings.